The number of aromatic nitrogens is 2. The van der Waals surface area contributed by atoms with Crippen molar-refractivity contribution in [3.8, 4) is 0 Å². The van der Waals surface area contributed by atoms with Gasteiger partial charge in [0.25, 0.3) is 5.56 Å². The third-order valence-corrected chi connectivity index (χ3v) is 6.50. The number of nitrogens with one attached hydrogen (secondary N) is 1. The number of rotatable bonds is 5. The summed E-state index contributed by atoms with van der Waals surface area (Å²) in [6.45, 7) is 4.92. The minimum Gasteiger partial charge on any atom is -0.302 e. The van der Waals surface area contributed by atoms with Crippen molar-refractivity contribution in [1.82, 2.24) is 14.5 Å². The minimum atomic E-state index is -4.26. The first-order chi connectivity index (χ1) is 13.2. The Balaban J connectivity index is 1.31. The van der Waals surface area contributed by atoms with E-state index in [4.69, 9.17) is 0 Å². The summed E-state index contributed by atoms with van der Waals surface area (Å²) in [4.78, 5) is 27.9. The van der Waals surface area contributed by atoms with Crippen LogP contribution in [-0.2, 0) is 6.54 Å². The first kappa shape index (κ1) is 19.2. The molecular weight excluding hydrogens is 371 g/mol. The Bertz CT molecular complexity index is 943. The predicted molar refractivity (Wildman–Crippen MR) is 99.0 cm³/mol. The molecule has 28 heavy (non-hydrogen) atoms. The molecule has 2 fully saturated rings. The van der Waals surface area contributed by atoms with E-state index in [1.807, 2.05) is 0 Å². The monoisotopic (exact) mass is 395 g/mol. The molecule has 152 valence electrons. The number of halogens is 3. The highest BCUT2D eigenvalue weighted by Crippen LogP contribution is 2.64. The van der Waals surface area contributed by atoms with Crippen molar-refractivity contribution in [3.05, 3.63) is 56.4 Å². The van der Waals surface area contributed by atoms with Gasteiger partial charge in [-0.05, 0) is 50.0 Å². The van der Waals surface area contributed by atoms with Crippen molar-refractivity contribution in [2.75, 3.05) is 19.6 Å². The molecule has 8 heteroatoms. The molecular formula is C20H24F3N3O2. The van der Waals surface area contributed by atoms with Crippen LogP contribution >= 0.6 is 0 Å². The van der Waals surface area contributed by atoms with Crippen LogP contribution < -0.4 is 11.2 Å². The van der Waals surface area contributed by atoms with E-state index in [0.29, 0.717) is 24.4 Å². The summed E-state index contributed by atoms with van der Waals surface area (Å²) in [5.74, 6) is 0.735. The fourth-order valence-electron chi connectivity index (χ4n) is 4.88. The van der Waals surface area contributed by atoms with Gasteiger partial charge in [-0.15, -0.1) is 0 Å². The highest BCUT2D eigenvalue weighted by Gasteiger charge is 2.62. The number of H-pyrrole nitrogens is 1. The fourth-order valence-corrected chi connectivity index (χ4v) is 4.88. The number of alkyl halides is 3. The van der Waals surface area contributed by atoms with Gasteiger partial charge in [-0.1, -0.05) is 18.2 Å². The van der Waals surface area contributed by atoms with Crippen LogP contribution in [0.5, 0.6) is 0 Å². The number of piperidine rings is 1. The molecule has 3 atom stereocenters. The van der Waals surface area contributed by atoms with E-state index >= 15 is 0 Å². The highest BCUT2D eigenvalue weighted by atomic mass is 19.4. The van der Waals surface area contributed by atoms with Gasteiger partial charge in [0.05, 0.1) is 5.57 Å². The molecule has 2 heterocycles. The summed E-state index contributed by atoms with van der Waals surface area (Å²) < 4.78 is 39.9. The van der Waals surface area contributed by atoms with Crippen LogP contribution in [0.15, 0.2) is 39.6 Å². The van der Waals surface area contributed by atoms with Gasteiger partial charge in [-0.3, -0.25) is 9.78 Å². The SMILES string of the molecule is Cc1cn(CCCN2C[C@@H]3C[C@]3([C@H]3C=CC(C(F)(F)F)=CC3)C2)c(=O)[nH]c1=O. The second kappa shape index (κ2) is 6.76. The van der Waals surface area contributed by atoms with Crippen molar-refractivity contribution >= 4 is 0 Å². The van der Waals surface area contributed by atoms with Crippen LogP contribution in [-0.4, -0.2) is 40.3 Å². The molecule has 3 aliphatic rings. The molecule has 2 aliphatic carbocycles. The van der Waals surface area contributed by atoms with Crippen LogP contribution in [0, 0.1) is 24.2 Å². The van der Waals surface area contributed by atoms with Crippen molar-refractivity contribution in [3.63, 3.8) is 0 Å². The van der Waals surface area contributed by atoms with Crippen molar-refractivity contribution < 1.29 is 13.2 Å². The van der Waals surface area contributed by atoms with Crippen molar-refractivity contribution in [1.29, 1.82) is 0 Å². The van der Waals surface area contributed by atoms with Crippen LogP contribution in [0.4, 0.5) is 13.2 Å². The Morgan fingerprint density at radius 2 is 2.07 bits per heavy atom. The molecule has 0 radical (unpaired) electrons. The molecule has 0 spiro atoms. The first-order valence-electron chi connectivity index (χ1n) is 9.67. The summed E-state index contributed by atoms with van der Waals surface area (Å²) in [5.41, 5.74) is -0.651. The minimum absolute atomic E-state index is 0.121. The number of hydrogen-bond donors (Lipinski definition) is 1. The molecule has 0 bridgehead atoms. The molecule has 0 amide bonds. The standard InChI is InChI=1S/C20H24F3N3O2/c1-13-10-26(18(28)24-17(13)27)8-2-7-25-11-16-9-19(16,12-25)14-3-5-15(6-4-14)20(21,22)23/h3,5-6,10,14,16H,2,4,7-9,11-12H2,1H3,(H,24,27,28)/t14-,16-,19+/m0/s1. The molecule has 0 unspecified atom stereocenters. The van der Waals surface area contributed by atoms with E-state index in [-0.39, 0.29) is 16.9 Å². The van der Waals surface area contributed by atoms with Crippen LogP contribution in [0.25, 0.3) is 0 Å². The average molecular weight is 395 g/mol. The van der Waals surface area contributed by atoms with Gasteiger partial charge in [0.2, 0.25) is 0 Å². The zero-order valence-corrected chi connectivity index (χ0v) is 15.8. The summed E-state index contributed by atoms with van der Waals surface area (Å²) in [5, 5.41) is 0. The molecule has 1 saturated carbocycles. The molecule has 5 nitrogen and oxygen atoms in total. The Morgan fingerprint density at radius 1 is 1.29 bits per heavy atom. The van der Waals surface area contributed by atoms with E-state index in [9.17, 15) is 22.8 Å². The van der Waals surface area contributed by atoms with Crippen LogP contribution in [0.3, 0.4) is 0 Å². The van der Waals surface area contributed by atoms with Crippen LogP contribution in [0.1, 0.15) is 24.8 Å². The van der Waals surface area contributed by atoms with E-state index in [2.05, 4.69) is 9.88 Å². The third kappa shape index (κ3) is 3.50. The number of likely N-dealkylation sites (tertiary alicyclic amines) is 1. The quantitative estimate of drug-likeness (QED) is 0.834. The number of nitrogens with zero attached hydrogens (tertiary/aromatic N) is 2. The van der Waals surface area contributed by atoms with E-state index < -0.39 is 17.4 Å². The Morgan fingerprint density at radius 3 is 2.75 bits per heavy atom. The summed E-state index contributed by atoms with van der Waals surface area (Å²) in [7, 11) is 0. The second-order valence-corrected chi connectivity index (χ2v) is 8.35. The first-order valence-corrected chi connectivity index (χ1v) is 9.67. The number of hydrogen-bond acceptors (Lipinski definition) is 3. The Kier molecular flexibility index (Phi) is 4.64. The maximum Gasteiger partial charge on any atom is 0.416 e. The maximum atomic E-state index is 12.8. The smallest absolute Gasteiger partial charge is 0.302 e. The zero-order chi connectivity index (χ0) is 20.1. The normalized spacial score (nSPS) is 29.6. The van der Waals surface area contributed by atoms with Gasteiger partial charge in [0, 0.05) is 31.4 Å². The highest BCUT2D eigenvalue weighted by molar-refractivity contribution is 5.31. The Hall–Kier alpha value is -2.09. The van der Waals surface area contributed by atoms with Crippen LogP contribution in [0.2, 0.25) is 0 Å². The number of aryl methyl sites for hydroxylation is 2. The average Bonchev–Trinajstić information content (AvgIpc) is 3.21. The lowest BCUT2D eigenvalue weighted by molar-refractivity contribution is -0.0888. The zero-order valence-electron chi connectivity index (χ0n) is 15.8. The molecule has 1 aromatic heterocycles. The largest absolute Gasteiger partial charge is 0.416 e. The summed E-state index contributed by atoms with van der Waals surface area (Å²) in [6, 6.07) is 0. The van der Waals surface area contributed by atoms with E-state index in [0.717, 1.165) is 32.5 Å². The van der Waals surface area contributed by atoms with E-state index in [1.54, 1.807) is 19.2 Å². The maximum absolute atomic E-state index is 12.8. The van der Waals surface area contributed by atoms with Gasteiger partial charge in [-0.2, -0.15) is 13.2 Å². The third-order valence-electron chi connectivity index (χ3n) is 6.50. The second-order valence-electron chi connectivity index (χ2n) is 8.35. The van der Waals surface area contributed by atoms with Crippen molar-refractivity contribution in [2.45, 2.75) is 38.9 Å². The van der Waals surface area contributed by atoms with Gasteiger partial charge in [-0.25, -0.2) is 4.79 Å². The lowest BCUT2D eigenvalue weighted by Crippen LogP contribution is -2.33. The van der Waals surface area contributed by atoms with Gasteiger partial charge in [0.15, 0.2) is 0 Å². The molecule has 4 rings (SSSR count). The van der Waals surface area contributed by atoms with Crippen molar-refractivity contribution in [2.24, 2.45) is 17.3 Å². The lowest BCUT2D eigenvalue weighted by atomic mass is 9.82. The Labute approximate surface area is 160 Å². The lowest BCUT2D eigenvalue weighted by Gasteiger charge is -2.27. The number of aromatic amines is 1. The molecule has 0 aromatic carbocycles. The summed E-state index contributed by atoms with van der Waals surface area (Å²) >= 11 is 0. The molecule has 1 saturated heterocycles. The van der Waals surface area contributed by atoms with Gasteiger partial charge in [0.1, 0.15) is 0 Å². The number of allylic oxidation sites excluding steroid dienone is 4. The molecule has 1 aromatic rings. The molecule has 1 N–H and O–H groups in total. The van der Waals surface area contributed by atoms with E-state index in [1.165, 1.54) is 16.7 Å². The topological polar surface area (TPSA) is 58.1 Å². The molecule has 1 aliphatic heterocycles. The van der Waals surface area contributed by atoms with Gasteiger partial charge < -0.3 is 9.47 Å². The summed E-state index contributed by atoms with van der Waals surface area (Å²) in [6.07, 6.45) is 3.99. The predicted octanol–water partition coefficient (Wildman–Crippen LogP) is 2.62. The van der Waals surface area contributed by atoms with Gasteiger partial charge >= 0.3 is 11.9 Å². The number of fused-ring (bicyclic) bond motifs is 1. The fraction of sp³-hybridized carbons (Fsp3) is 0.600.